The van der Waals surface area contributed by atoms with Crippen molar-refractivity contribution in [1.82, 2.24) is 14.4 Å². The molecule has 3 aromatic rings. The van der Waals surface area contributed by atoms with Crippen LogP contribution in [0.3, 0.4) is 0 Å². The monoisotopic (exact) mass is 389 g/mol. The zero-order valence-corrected chi connectivity index (χ0v) is 16.9. The second-order valence-electron chi connectivity index (χ2n) is 8.00. The van der Waals surface area contributed by atoms with Crippen molar-refractivity contribution in [2.75, 3.05) is 34.3 Å². The molecule has 2 heterocycles. The van der Waals surface area contributed by atoms with E-state index in [9.17, 15) is 9.59 Å². The van der Waals surface area contributed by atoms with Gasteiger partial charge in [-0.3, -0.25) is 9.59 Å². The average molecular weight is 389 g/mol. The van der Waals surface area contributed by atoms with Crippen LogP contribution in [-0.2, 0) is 11.5 Å². The molecule has 5 rings (SSSR count). The minimum absolute atomic E-state index is 0.0784. The first-order valence-electron chi connectivity index (χ1n) is 9.79. The molecule has 0 amide bonds. The first kappa shape index (κ1) is 17.9. The molecule has 0 saturated heterocycles. The van der Waals surface area contributed by atoms with Gasteiger partial charge in [0.1, 0.15) is 5.75 Å². The van der Waals surface area contributed by atoms with Gasteiger partial charge in [0.25, 0.3) is 0 Å². The van der Waals surface area contributed by atoms with Crippen molar-refractivity contribution < 1.29 is 14.3 Å². The van der Waals surface area contributed by atoms with Gasteiger partial charge in [-0.1, -0.05) is 24.3 Å². The molecule has 0 atom stereocenters. The van der Waals surface area contributed by atoms with E-state index in [2.05, 4.69) is 14.4 Å². The Labute approximate surface area is 168 Å². The SMILES string of the molecule is COc1cc2ccccc2c2c3c4n(c12)CN(CCN(C)C)C=C4C(=O)CC3=O. The molecule has 0 unspecified atom stereocenters. The van der Waals surface area contributed by atoms with E-state index < -0.39 is 0 Å². The fourth-order valence-electron chi connectivity index (χ4n) is 4.51. The van der Waals surface area contributed by atoms with Crippen molar-refractivity contribution in [1.29, 1.82) is 0 Å². The first-order valence-corrected chi connectivity index (χ1v) is 9.79. The highest BCUT2D eigenvalue weighted by Crippen LogP contribution is 2.45. The van der Waals surface area contributed by atoms with E-state index in [1.807, 2.05) is 50.6 Å². The summed E-state index contributed by atoms with van der Waals surface area (Å²) in [5, 5.41) is 2.94. The normalized spacial score (nSPS) is 16.0. The number of methoxy groups -OCH3 is 1. The number of Topliss-reactive ketones (excluding diaryl/α,β-unsaturated/α-hetero) is 2. The van der Waals surface area contributed by atoms with Crippen molar-refractivity contribution in [2.45, 2.75) is 13.1 Å². The van der Waals surface area contributed by atoms with Crippen LogP contribution in [-0.4, -0.2) is 60.2 Å². The van der Waals surface area contributed by atoms with E-state index >= 15 is 0 Å². The van der Waals surface area contributed by atoms with Crippen LogP contribution >= 0.6 is 0 Å². The van der Waals surface area contributed by atoms with Crippen molar-refractivity contribution in [3.05, 3.63) is 47.8 Å². The number of carbonyl (C=O) groups excluding carboxylic acids is 2. The summed E-state index contributed by atoms with van der Waals surface area (Å²) in [5.74, 6) is 0.512. The summed E-state index contributed by atoms with van der Waals surface area (Å²) in [6.45, 7) is 2.25. The van der Waals surface area contributed by atoms with Crippen LogP contribution in [0.1, 0.15) is 22.5 Å². The Balaban J connectivity index is 1.85. The van der Waals surface area contributed by atoms with Crippen LogP contribution in [0, 0.1) is 0 Å². The summed E-state index contributed by atoms with van der Waals surface area (Å²) in [6.07, 6.45) is 1.86. The first-order chi connectivity index (χ1) is 14.0. The largest absolute Gasteiger partial charge is 0.495 e. The number of benzene rings is 2. The number of carbonyl (C=O) groups is 2. The highest BCUT2D eigenvalue weighted by atomic mass is 16.5. The third-order valence-electron chi connectivity index (χ3n) is 5.86. The van der Waals surface area contributed by atoms with Crippen LogP contribution in [0.25, 0.3) is 27.2 Å². The molecular weight excluding hydrogens is 366 g/mol. The van der Waals surface area contributed by atoms with Gasteiger partial charge in [-0.25, -0.2) is 0 Å². The fourth-order valence-corrected chi connectivity index (χ4v) is 4.51. The number of ether oxygens (including phenoxy) is 1. The maximum atomic E-state index is 13.0. The summed E-state index contributed by atoms with van der Waals surface area (Å²) in [6, 6.07) is 10.0. The van der Waals surface area contributed by atoms with Gasteiger partial charge in [-0.05, 0) is 30.9 Å². The smallest absolute Gasteiger partial charge is 0.174 e. The number of allylic oxidation sites excluding steroid dienone is 1. The second kappa shape index (κ2) is 6.46. The summed E-state index contributed by atoms with van der Waals surface area (Å²) in [5.41, 5.74) is 2.93. The van der Waals surface area contributed by atoms with Crippen molar-refractivity contribution in [2.24, 2.45) is 0 Å². The lowest BCUT2D eigenvalue weighted by molar-refractivity contribution is -0.113. The van der Waals surface area contributed by atoms with E-state index in [4.69, 9.17) is 4.74 Å². The molecule has 1 aliphatic carbocycles. The zero-order chi connectivity index (χ0) is 20.3. The van der Waals surface area contributed by atoms with E-state index in [0.29, 0.717) is 17.8 Å². The van der Waals surface area contributed by atoms with Crippen LogP contribution < -0.4 is 4.74 Å². The molecule has 2 aliphatic rings. The predicted molar refractivity (Wildman–Crippen MR) is 113 cm³/mol. The Morgan fingerprint density at radius 3 is 2.69 bits per heavy atom. The molecule has 6 heteroatoms. The fraction of sp³-hybridized carbons (Fsp3) is 0.304. The number of aromatic nitrogens is 1. The van der Waals surface area contributed by atoms with E-state index in [0.717, 1.165) is 46.2 Å². The number of likely N-dealkylation sites (N-methyl/N-ethyl adjacent to an activating group) is 1. The third-order valence-corrected chi connectivity index (χ3v) is 5.86. The second-order valence-corrected chi connectivity index (χ2v) is 8.00. The number of nitrogens with zero attached hydrogens (tertiary/aromatic N) is 3. The van der Waals surface area contributed by atoms with Gasteiger partial charge in [-0.2, -0.15) is 0 Å². The summed E-state index contributed by atoms with van der Waals surface area (Å²) < 4.78 is 7.84. The minimum atomic E-state index is -0.107. The number of hydrogen-bond donors (Lipinski definition) is 0. The highest BCUT2D eigenvalue weighted by Gasteiger charge is 2.38. The van der Waals surface area contributed by atoms with Gasteiger partial charge in [0, 0.05) is 24.7 Å². The molecule has 1 aliphatic heterocycles. The molecule has 0 saturated carbocycles. The lowest BCUT2D eigenvalue weighted by atomic mass is 9.88. The maximum Gasteiger partial charge on any atom is 0.174 e. The Hall–Kier alpha value is -3.12. The van der Waals surface area contributed by atoms with Gasteiger partial charge >= 0.3 is 0 Å². The average Bonchev–Trinajstić information content (AvgIpc) is 3.06. The maximum absolute atomic E-state index is 13.0. The van der Waals surface area contributed by atoms with Gasteiger partial charge in [0.05, 0.1) is 42.5 Å². The summed E-state index contributed by atoms with van der Waals surface area (Å²) in [4.78, 5) is 30.1. The highest BCUT2D eigenvalue weighted by molar-refractivity contribution is 6.37. The molecule has 0 bridgehead atoms. The molecule has 29 heavy (non-hydrogen) atoms. The van der Waals surface area contributed by atoms with Crippen LogP contribution in [0.4, 0.5) is 0 Å². The third kappa shape index (κ3) is 2.59. The molecule has 2 aromatic carbocycles. The van der Waals surface area contributed by atoms with Gasteiger partial charge in [0.2, 0.25) is 0 Å². The molecule has 1 aromatic heterocycles. The molecule has 148 valence electrons. The molecule has 0 spiro atoms. The van der Waals surface area contributed by atoms with Crippen LogP contribution in [0.2, 0.25) is 0 Å². The van der Waals surface area contributed by atoms with E-state index in [1.54, 1.807) is 7.11 Å². The Morgan fingerprint density at radius 2 is 1.93 bits per heavy atom. The van der Waals surface area contributed by atoms with E-state index in [-0.39, 0.29) is 18.0 Å². The van der Waals surface area contributed by atoms with Crippen LogP contribution in [0.15, 0.2) is 36.5 Å². The Morgan fingerprint density at radius 1 is 1.14 bits per heavy atom. The van der Waals surface area contributed by atoms with Crippen molar-refractivity contribution in [3.8, 4) is 5.75 Å². The minimum Gasteiger partial charge on any atom is -0.495 e. The topological polar surface area (TPSA) is 54.8 Å². The lowest BCUT2D eigenvalue weighted by Gasteiger charge is -2.31. The zero-order valence-electron chi connectivity index (χ0n) is 16.9. The van der Waals surface area contributed by atoms with Crippen LogP contribution in [0.5, 0.6) is 5.75 Å². The number of fused-ring (bicyclic) bond motifs is 5. The molecule has 0 fully saturated rings. The number of hydrogen-bond acceptors (Lipinski definition) is 5. The number of ketones is 2. The number of rotatable bonds is 4. The quantitative estimate of drug-likeness (QED) is 0.642. The summed E-state index contributed by atoms with van der Waals surface area (Å²) >= 11 is 0. The van der Waals surface area contributed by atoms with E-state index in [1.165, 1.54) is 0 Å². The molecule has 0 radical (unpaired) electrons. The van der Waals surface area contributed by atoms with Gasteiger partial charge < -0.3 is 19.1 Å². The summed E-state index contributed by atoms with van der Waals surface area (Å²) in [7, 11) is 5.72. The van der Waals surface area contributed by atoms with Crippen molar-refractivity contribution in [3.63, 3.8) is 0 Å². The Kier molecular flexibility index (Phi) is 3.99. The lowest BCUT2D eigenvalue weighted by Crippen LogP contribution is -2.35. The Bertz CT molecular complexity index is 1220. The molecule has 6 nitrogen and oxygen atoms in total. The van der Waals surface area contributed by atoms with Gasteiger partial charge in [-0.15, -0.1) is 0 Å². The van der Waals surface area contributed by atoms with Gasteiger partial charge in [0.15, 0.2) is 11.6 Å². The predicted octanol–water partition coefficient (Wildman–Crippen LogP) is 3.13. The van der Waals surface area contributed by atoms with Crippen molar-refractivity contribution >= 4 is 38.8 Å². The standard InChI is InChI=1S/C23H23N3O3/c1-24(2)8-9-25-12-16-17(27)11-18(28)21-20-15-7-5-4-6-14(15)10-19(29-3)23(20)26(13-25)22(16)21/h4-7,10,12H,8-9,11,13H2,1-3H3. The molecule has 0 N–H and O–H groups in total. The molecular formula is C23H23N3O3.